The van der Waals surface area contributed by atoms with Gasteiger partial charge in [-0.3, -0.25) is 14.5 Å². The van der Waals surface area contributed by atoms with E-state index in [0.29, 0.717) is 42.3 Å². The molecule has 1 aromatic carbocycles. The van der Waals surface area contributed by atoms with Gasteiger partial charge in [-0.05, 0) is 12.1 Å². The molecule has 0 saturated carbocycles. The second kappa shape index (κ2) is 6.07. The Labute approximate surface area is 126 Å². The zero-order valence-electron chi connectivity index (χ0n) is 12.1. The first-order valence-electron chi connectivity index (χ1n) is 6.96. The Bertz CT molecular complexity index is 675. The highest BCUT2D eigenvalue weighted by Gasteiger charge is 2.34. The van der Waals surface area contributed by atoms with Gasteiger partial charge in [0.15, 0.2) is 5.82 Å². The molecule has 0 N–H and O–H groups in total. The zero-order valence-corrected chi connectivity index (χ0v) is 12.1. The second-order valence-corrected chi connectivity index (χ2v) is 4.90. The van der Waals surface area contributed by atoms with E-state index in [9.17, 15) is 9.59 Å². The van der Waals surface area contributed by atoms with Crippen molar-refractivity contribution in [1.82, 2.24) is 15.0 Å². The lowest BCUT2D eigenvalue weighted by atomic mass is 10.1. The highest BCUT2D eigenvalue weighted by molar-refractivity contribution is 6.21. The maximum atomic E-state index is 12.2. The van der Waals surface area contributed by atoms with Crippen LogP contribution in [0.15, 0.2) is 28.8 Å². The summed E-state index contributed by atoms with van der Waals surface area (Å²) >= 11 is 0. The first kappa shape index (κ1) is 14.4. The number of imide groups is 1. The van der Waals surface area contributed by atoms with Gasteiger partial charge in [0.2, 0.25) is 5.89 Å². The number of rotatable bonds is 6. The molecule has 2 aromatic rings. The van der Waals surface area contributed by atoms with E-state index in [1.807, 2.05) is 0 Å². The third-order valence-corrected chi connectivity index (χ3v) is 3.47. The average Bonchev–Trinajstić information content (AvgIpc) is 3.08. The molecular weight excluding hydrogens is 286 g/mol. The Balaban J connectivity index is 1.64. The third kappa shape index (κ3) is 2.62. The molecule has 0 atom stereocenters. The van der Waals surface area contributed by atoms with Gasteiger partial charge in [-0.2, -0.15) is 4.98 Å². The molecular formula is C15H15N3O4. The number of carbonyl (C=O) groups excluding carboxylic acids is 2. The average molecular weight is 301 g/mol. The number of nitrogens with zero attached hydrogens (tertiary/aromatic N) is 3. The highest BCUT2D eigenvalue weighted by atomic mass is 16.5. The molecule has 22 heavy (non-hydrogen) atoms. The molecule has 0 radical (unpaired) electrons. The molecule has 0 spiro atoms. The topological polar surface area (TPSA) is 85.5 Å². The van der Waals surface area contributed by atoms with Crippen molar-refractivity contribution in [2.45, 2.75) is 12.8 Å². The summed E-state index contributed by atoms with van der Waals surface area (Å²) in [5.41, 5.74) is 0.887. The van der Waals surface area contributed by atoms with E-state index in [2.05, 4.69) is 10.1 Å². The number of hydrogen-bond donors (Lipinski definition) is 0. The summed E-state index contributed by atoms with van der Waals surface area (Å²) in [4.78, 5) is 29.8. The van der Waals surface area contributed by atoms with Gasteiger partial charge in [-0.1, -0.05) is 17.3 Å². The van der Waals surface area contributed by atoms with Crippen LogP contribution >= 0.6 is 0 Å². The fourth-order valence-electron chi connectivity index (χ4n) is 2.34. The van der Waals surface area contributed by atoms with E-state index in [1.54, 1.807) is 31.4 Å². The molecule has 0 fully saturated rings. The summed E-state index contributed by atoms with van der Waals surface area (Å²) in [7, 11) is 1.60. The minimum Gasteiger partial charge on any atom is -0.384 e. The van der Waals surface area contributed by atoms with Crippen molar-refractivity contribution >= 4 is 11.8 Å². The van der Waals surface area contributed by atoms with Gasteiger partial charge < -0.3 is 9.26 Å². The van der Waals surface area contributed by atoms with Gasteiger partial charge >= 0.3 is 0 Å². The van der Waals surface area contributed by atoms with Crippen LogP contribution in [0.5, 0.6) is 0 Å². The predicted molar refractivity (Wildman–Crippen MR) is 75.4 cm³/mol. The largest absolute Gasteiger partial charge is 0.384 e. The van der Waals surface area contributed by atoms with Crippen molar-refractivity contribution in [3.8, 4) is 0 Å². The van der Waals surface area contributed by atoms with E-state index in [1.165, 1.54) is 4.90 Å². The summed E-state index contributed by atoms with van der Waals surface area (Å²) in [5.74, 6) is 0.404. The number of benzene rings is 1. The number of aromatic nitrogens is 2. The molecule has 2 heterocycles. The van der Waals surface area contributed by atoms with Crippen LogP contribution < -0.4 is 0 Å². The number of fused-ring (bicyclic) bond motifs is 1. The van der Waals surface area contributed by atoms with Crippen LogP contribution in [0.4, 0.5) is 0 Å². The van der Waals surface area contributed by atoms with Crippen LogP contribution in [0.3, 0.4) is 0 Å². The van der Waals surface area contributed by atoms with Gasteiger partial charge in [0.25, 0.3) is 11.8 Å². The van der Waals surface area contributed by atoms with Gasteiger partial charge in [0.1, 0.15) is 0 Å². The molecule has 1 aliphatic heterocycles. The van der Waals surface area contributed by atoms with Crippen LogP contribution in [0.1, 0.15) is 32.4 Å². The van der Waals surface area contributed by atoms with Gasteiger partial charge in [0, 0.05) is 26.5 Å². The molecule has 1 aliphatic rings. The van der Waals surface area contributed by atoms with Crippen molar-refractivity contribution in [2.75, 3.05) is 20.3 Å². The van der Waals surface area contributed by atoms with Crippen LogP contribution in [0.2, 0.25) is 0 Å². The molecule has 0 bridgehead atoms. The fourth-order valence-corrected chi connectivity index (χ4v) is 2.34. The summed E-state index contributed by atoms with van der Waals surface area (Å²) in [6.07, 6.45) is 0.901. The minimum atomic E-state index is -0.278. The molecule has 0 aliphatic carbocycles. The molecule has 0 saturated heterocycles. The Morgan fingerprint density at radius 1 is 1.14 bits per heavy atom. The summed E-state index contributed by atoms with van der Waals surface area (Å²) < 4.78 is 10.0. The summed E-state index contributed by atoms with van der Waals surface area (Å²) in [6, 6.07) is 6.80. The van der Waals surface area contributed by atoms with Gasteiger partial charge in [-0.25, -0.2) is 0 Å². The molecule has 2 amide bonds. The van der Waals surface area contributed by atoms with E-state index in [0.717, 1.165) is 0 Å². The maximum absolute atomic E-state index is 12.2. The Kier molecular flexibility index (Phi) is 3.97. The normalized spacial score (nSPS) is 13.8. The molecule has 3 rings (SSSR count). The standard InChI is InChI=1S/C15H15N3O4/c1-21-9-7-12-16-13(22-17-12)6-8-18-14(19)10-4-2-3-5-11(10)15(18)20/h2-5H,6-9H2,1H3. The first-order chi connectivity index (χ1) is 10.7. The second-order valence-electron chi connectivity index (χ2n) is 4.90. The molecule has 1 aromatic heterocycles. The smallest absolute Gasteiger partial charge is 0.261 e. The van der Waals surface area contributed by atoms with Crippen LogP contribution in [-0.4, -0.2) is 47.1 Å². The third-order valence-electron chi connectivity index (χ3n) is 3.47. The first-order valence-corrected chi connectivity index (χ1v) is 6.96. The van der Waals surface area contributed by atoms with Crippen molar-refractivity contribution in [3.05, 3.63) is 47.1 Å². The van der Waals surface area contributed by atoms with E-state index >= 15 is 0 Å². The lowest BCUT2D eigenvalue weighted by Gasteiger charge is -2.11. The predicted octanol–water partition coefficient (Wildman–Crippen LogP) is 1.10. The maximum Gasteiger partial charge on any atom is 0.261 e. The zero-order chi connectivity index (χ0) is 15.5. The lowest BCUT2D eigenvalue weighted by Crippen LogP contribution is -2.31. The number of hydrogen-bond acceptors (Lipinski definition) is 6. The van der Waals surface area contributed by atoms with Crippen LogP contribution in [0, 0.1) is 0 Å². The van der Waals surface area contributed by atoms with Gasteiger partial charge in [-0.15, -0.1) is 0 Å². The SMILES string of the molecule is COCCc1noc(CCN2C(=O)c3ccccc3C2=O)n1. The lowest BCUT2D eigenvalue weighted by molar-refractivity contribution is 0.0653. The van der Waals surface area contributed by atoms with Crippen molar-refractivity contribution < 1.29 is 18.8 Å². The fraction of sp³-hybridized carbons (Fsp3) is 0.333. The number of methoxy groups -OCH3 is 1. The molecule has 7 heteroatoms. The monoisotopic (exact) mass is 301 g/mol. The number of carbonyl (C=O) groups is 2. The van der Waals surface area contributed by atoms with Crippen molar-refractivity contribution in [1.29, 1.82) is 0 Å². The molecule has 7 nitrogen and oxygen atoms in total. The van der Waals surface area contributed by atoms with E-state index in [-0.39, 0.29) is 18.4 Å². The van der Waals surface area contributed by atoms with Crippen LogP contribution in [-0.2, 0) is 17.6 Å². The molecule has 114 valence electrons. The Morgan fingerprint density at radius 3 is 2.45 bits per heavy atom. The molecule has 0 unspecified atom stereocenters. The van der Waals surface area contributed by atoms with Crippen molar-refractivity contribution in [2.24, 2.45) is 0 Å². The van der Waals surface area contributed by atoms with Crippen molar-refractivity contribution in [3.63, 3.8) is 0 Å². The van der Waals surface area contributed by atoms with E-state index in [4.69, 9.17) is 9.26 Å². The summed E-state index contributed by atoms with van der Waals surface area (Å²) in [5, 5.41) is 3.82. The number of ether oxygens (including phenoxy) is 1. The summed E-state index contributed by atoms with van der Waals surface area (Å²) in [6.45, 7) is 0.732. The van der Waals surface area contributed by atoms with Gasteiger partial charge in [0.05, 0.1) is 17.7 Å². The minimum absolute atomic E-state index is 0.220. The Morgan fingerprint density at radius 2 is 1.82 bits per heavy atom. The van der Waals surface area contributed by atoms with Crippen LogP contribution in [0.25, 0.3) is 0 Å². The number of amides is 2. The quantitative estimate of drug-likeness (QED) is 0.743. The van der Waals surface area contributed by atoms with E-state index < -0.39 is 0 Å². The highest BCUT2D eigenvalue weighted by Crippen LogP contribution is 2.22. The Hall–Kier alpha value is -2.54.